The van der Waals surface area contributed by atoms with E-state index >= 15 is 0 Å². The SMILES string of the molecule is CC(C)OSC1c2ccccc2CC1NC(=O)[C@@H]1c2ccccc2CC(=O)N1CC1CC1. The van der Waals surface area contributed by atoms with Gasteiger partial charge in [-0.25, -0.2) is 0 Å². The topological polar surface area (TPSA) is 58.6 Å². The minimum atomic E-state index is -0.562. The lowest BCUT2D eigenvalue weighted by Crippen LogP contribution is -2.50. The van der Waals surface area contributed by atoms with Crippen molar-refractivity contribution >= 4 is 23.9 Å². The van der Waals surface area contributed by atoms with E-state index in [1.807, 2.05) is 55.1 Å². The molecule has 1 saturated carbocycles. The summed E-state index contributed by atoms with van der Waals surface area (Å²) in [7, 11) is 0. The summed E-state index contributed by atoms with van der Waals surface area (Å²) in [4.78, 5) is 28.6. The van der Waals surface area contributed by atoms with Gasteiger partial charge in [0.05, 0.1) is 23.8 Å². The number of carbonyl (C=O) groups is 2. The average Bonchev–Trinajstić information content (AvgIpc) is 3.52. The molecule has 0 spiro atoms. The number of benzene rings is 2. The van der Waals surface area contributed by atoms with Gasteiger partial charge in [-0.3, -0.25) is 9.59 Å². The van der Waals surface area contributed by atoms with E-state index in [1.165, 1.54) is 23.2 Å². The zero-order valence-corrected chi connectivity index (χ0v) is 19.4. The van der Waals surface area contributed by atoms with E-state index in [-0.39, 0.29) is 29.2 Å². The third-order valence-corrected chi connectivity index (χ3v) is 7.86. The van der Waals surface area contributed by atoms with Crippen molar-refractivity contribution in [3.63, 3.8) is 0 Å². The first-order valence-electron chi connectivity index (χ1n) is 11.6. The van der Waals surface area contributed by atoms with E-state index in [9.17, 15) is 9.59 Å². The number of rotatable bonds is 7. The summed E-state index contributed by atoms with van der Waals surface area (Å²) in [6.45, 7) is 4.70. The molecule has 1 aliphatic heterocycles. The molecule has 2 unspecified atom stereocenters. The van der Waals surface area contributed by atoms with Crippen LogP contribution in [0.25, 0.3) is 0 Å². The fraction of sp³-hybridized carbons (Fsp3) is 0.462. The summed E-state index contributed by atoms with van der Waals surface area (Å²) >= 11 is 1.44. The first-order valence-corrected chi connectivity index (χ1v) is 12.4. The molecule has 1 fully saturated rings. The van der Waals surface area contributed by atoms with Gasteiger partial charge >= 0.3 is 0 Å². The Bertz CT molecular complexity index is 1020. The monoisotopic (exact) mass is 450 g/mol. The molecule has 0 aromatic heterocycles. The van der Waals surface area contributed by atoms with E-state index < -0.39 is 6.04 Å². The quantitative estimate of drug-likeness (QED) is 0.636. The van der Waals surface area contributed by atoms with Crippen LogP contribution in [-0.4, -0.2) is 35.4 Å². The Kier molecular flexibility index (Phi) is 5.99. The molecule has 5 rings (SSSR count). The van der Waals surface area contributed by atoms with Crippen molar-refractivity contribution in [1.29, 1.82) is 0 Å². The van der Waals surface area contributed by atoms with Crippen molar-refractivity contribution in [1.82, 2.24) is 10.2 Å². The zero-order valence-electron chi connectivity index (χ0n) is 18.6. The predicted molar refractivity (Wildman–Crippen MR) is 126 cm³/mol. The van der Waals surface area contributed by atoms with Crippen LogP contribution in [0.15, 0.2) is 48.5 Å². The van der Waals surface area contributed by atoms with E-state index in [4.69, 9.17) is 4.18 Å². The van der Waals surface area contributed by atoms with Gasteiger partial charge in [0.1, 0.15) is 6.04 Å². The third kappa shape index (κ3) is 4.30. The van der Waals surface area contributed by atoms with Crippen molar-refractivity contribution in [2.24, 2.45) is 5.92 Å². The number of fused-ring (bicyclic) bond motifs is 2. The van der Waals surface area contributed by atoms with Crippen molar-refractivity contribution in [2.45, 2.75) is 63.0 Å². The van der Waals surface area contributed by atoms with Crippen LogP contribution in [0.3, 0.4) is 0 Å². The van der Waals surface area contributed by atoms with Gasteiger partial charge in [0, 0.05) is 18.6 Å². The van der Waals surface area contributed by atoms with Gasteiger partial charge in [-0.2, -0.15) is 0 Å². The Morgan fingerprint density at radius 2 is 1.78 bits per heavy atom. The van der Waals surface area contributed by atoms with Gasteiger partial charge < -0.3 is 14.4 Å². The average molecular weight is 451 g/mol. The van der Waals surface area contributed by atoms with Gasteiger partial charge in [0.25, 0.3) is 0 Å². The molecule has 1 N–H and O–H groups in total. The molecular weight excluding hydrogens is 420 g/mol. The standard InChI is InChI=1S/C26H30N2O3S/c1-16(2)31-32-25-21-10-6-4-7-18(21)13-22(25)27-26(30)24-20-9-5-3-8-19(20)14-23(29)28(24)15-17-11-12-17/h3-10,16-17,22,24-25H,11-15H2,1-2H3,(H,27,30)/t22?,24-,25?/m0/s1. The molecule has 0 radical (unpaired) electrons. The van der Waals surface area contributed by atoms with Crippen LogP contribution in [-0.2, 0) is 26.6 Å². The number of nitrogens with one attached hydrogen (secondary N) is 1. The van der Waals surface area contributed by atoms with Gasteiger partial charge in [-0.05, 0) is 61.3 Å². The fourth-order valence-corrected chi connectivity index (χ4v) is 5.82. The first-order chi connectivity index (χ1) is 15.5. The summed E-state index contributed by atoms with van der Waals surface area (Å²) in [5.74, 6) is 0.497. The first kappa shape index (κ1) is 21.5. The smallest absolute Gasteiger partial charge is 0.247 e. The van der Waals surface area contributed by atoms with E-state index in [1.54, 1.807) is 0 Å². The Labute approximate surface area is 194 Å². The number of amides is 2. The number of nitrogens with zero attached hydrogens (tertiary/aromatic N) is 1. The second kappa shape index (κ2) is 8.91. The zero-order chi connectivity index (χ0) is 22.2. The number of hydrogen-bond acceptors (Lipinski definition) is 4. The maximum atomic E-state index is 13.8. The molecule has 3 aliphatic rings. The highest BCUT2D eigenvalue weighted by Crippen LogP contribution is 2.43. The van der Waals surface area contributed by atoms with Crippen LogP contribution in [0.2, 0.25) is 0 Å². The molecule has 5 nitrogen and oxygen atoms in total. The highest BCUT2D eigenvalue weighted by molar-refractivity contribution is 7.95. The van der Waals surface area contributed by atoms with E-state index in [0.29, 0.717) is 18.9 Å². The third-order valence-electron chi connectivity index (χ3n) is 6.57. The van der Waals surface area contributed by atoms with Crippen molar-refractivity contribution in [3.05, 3.63) is 70.8 Å². The Balaban J connectivity index is 1.41. The van der Waals surface area contributed by atoms with Crippen LogP contribution in [0.5, 0.6) is 0 Å². The minimum absolute atomic E-state index is 0.0315. The highest BCUT2D eigenvalue weighted by Gasteiger charge is 2.42. The van der Waals surface area contributed by atoms with Gasteiger partial charge in [0.2, 0.25) is 11.8 Å². The molecule has 0 saturated heterocycles. The molecule has 2 aromatic carbocycles. The van der Waals surface area contributed by atoms with Crippen LogP contribution in [0.4, 0.5) is 0 Å². The summed E-state index contributed by atoms with van der Waals surface area (Å²) in [5, 5.41) is 3.35. The fourth-order valence-electron chi connectivity index (χ4n) is 4.84. The molecule has 3 atom stereocenters. The number of hydrogen-bond donors (Lipinski definition) is 1. The Morgan fingerprint density at radius 3 is 2.50 bits per heavy atom. The highest BCUT2D eigenvalue weighted by atomic mass is 32.2. The van der Waals surface area contributed by atoms with Crippen molar-refractivity contribution < 1.29 is 13.8 Å². The molecular formula is C26H30N2O3S. The maximum Gasteiger partial charge on any atom is 0.247 e. The molecule has 6 heteroatoms. The summed E-state index contributed by atoms with van der Waals surface area (Å²) in [5.41, 5.74) is 4.40. The maximum absolute atomic E-state index is 13.8. The molecule has 2 amide bonds. The van der Waals surface area contributed by atoms with Gasteiger partial charge in [0.15, 0.2) is 0 Å². The normalized spacial score (nSPS) is 24.4. The van der Waals surface area contributed by atoms with E-state index in [0.717, 1.165) is 30.4 Å². The van der Waals surface area contributed by atoms with E-state index in [2.05, 4.69) is 17.4 Å². The Morgan fingerprint density at radius 1 is 1.09 bits per heavy atom. The lowest BCUT2D eigenvalue weighted by atomic mass is 9.91. The molecule has 2 aliphatic carbocycles. The molecule has 168 valence electrons. The van der Waals surface area contributed by atoms with Crippen LogP contribution < -0.4 is 5.32 Å². The summed E-state index contributed by atoms with van der Waals surface area (Å²) in [6, 6.07) is 15.6. The molecule has 1 heterocycles. The van der Waals surface area contributed by atoms with Crippen molar-refractivity contribution in [2.75, 3.05) is 6.54 Å². The molecule has 32 heavy (non-hydrogen) atoms. The van der Waals surface area contributed by atoms with Crippen LogP contribution in [0, 0.1) is 5.92 Å². The number of carbonyl (C=O) groups excluding carboxylic acids is 2. The van der Waals surface area contributed by atoms with Crippen LogP contribution in [0.1, 0.15) is 60.2 Å². The van der Waals surface area contributed by atoms with Crippen LogP contribution >= 0.6 is 12.0 Å². The second-order valence-corrected chi connectivity index (χ2v) is 10.3. The van der Waals surface area contributed by atoms with Gasteiger partial charge in [-0.1, -0.05) is 48.5 Å². The summed E-state index contributed by atoms with van der Waals surface area (Å²) < 4.78 is 5.90. The lowest BCUT2D eigenvalue weighted by molar-refractivity contribution is -0.142. The molecule has 0 bridgehead atoms. The largest absolute Gasteiger partial charge is 0.349 e. The minimum Gasteiger partial charge on any atom is -0.349 e. The summed E-state index contributed by atoms with van der Waals surface area (Å²) in [6.07, 6.45) is 3.53. The van der Waals surface area contributed by atoms with Crippen molar-refractivity contribution in [3.8, 4) is 0 Å². The second-order valence-electron chi connectivity index (χ2n) is 9.45. The lowest BCUT2D eigenvalue weighted by Gasteiger charge is -2.37. The van der Waals surface area contributed by atoms with Gasteiger partial charge in [-0.15, -0.1) is 0 Å². The molecule has 2 aromatic rings. The predicted octanol–water partition coefficient (Wildman–Crippen LogP) is 4.38. The Hall–Kier alpha value is -2.31.